The van der Waals surface area contributed by atoms with Gasteiger partial charge in [0.1, 0.15) is 0 Å². The molecular formula is C13H19N. The summed E-state index contributed by atoms with van der Waals surface area (Å²) in [6, 6.07) is 6.80. The summed E-state index contributed by atoms with van der Waals surface area (Å²) in [7, 11) is 0. The summed E-state index contributed by atoms with van der Waals surface area (Å²) in [6.07, 6.45) is 2.96. The van der Waals surface area contributed by atoms with Gasteiger partial charge in [-0.05, 0) is 31.4 Å². The van der Waals surface area contributed by atoms with Crippen molar-refractivity contribution in [3.63, 3.8) is 0 Å². The highest BCUT2D eigenvalue weighted by atomic mass is 14.9. The summed E-state index contributed by atoms with van der Waals surface area (Å²) in [4.78, 5) is 0. The first-order valence-corrected chi connectivity index (χ1v) is 5.19. The van der Waals surface area contributed by atoms with E-state index in [0.717, 1.165) is 6.42 Å². The average Bonchev–Trinajstić information content (AvgIpc) is 2.17. The van der Waals surface area contributed by atoms with Crippen LogP contribution in [0.1, 0.15) is 31.9 Å². The van der Waals surface area contributed by atoms with Gasteiger partial charge >= 0.3 is 0 Å². The first kappa shape index (κ1) is 10.8. The fourth-order valence-corrected chi connectivity index (χ4v) is 1.55. The Balaban J connectivity index is 3.12. The fraction of sp³-hybridized carbons (Fsp3) is 0.385. The SMILES string of the molecule is C=Cc1cccc(CC)c1NC(C)C. The summed E-state index contributed by atoms with van der Waals surface area (Å²) in [5.74, 6) is 0. The molecule has 0 aliphatic carbocycles. The molecule has 1 nitrogen and oxygen atoms in total. The van der Waals surface area contributed by atoms with E-state index in [1.54, 1.807) is 0 Å². The van der Waals surface area contributed by atoms with Gasteiger partial charge in [0.15, 0.2) is 0 Å². The molecule has 1 rings (SSSR count). The van der Waals surface area contributed by atoms with Gasteiger partial charge in [0.2, 0.25) is 0 Å². The molecule has 0 aliphatic rings. The third-order valence-electron chi connectivity index (χ3n) is 2.22. The second-order valence-corrected chi connectivity index (χ2v) is 3.74. The van der Waals surface area contributed by atoms with Gasteiger partial charge in [-0.25, -0.2) is 0 Å². The predicted octanol–water partition coefficient (Wildman–Crippen LogP) is 3.71. The van der Waals surface area contributed by atoms with E-state index in [2.05, 4.69) is 50.9 Å². The molecule has 0 heterocycles. The molecule has 14 heavy (non-hydrogen) atoms. The Labute approximate surface area is 86.8 Å². The van der Waals surface area contributed by atoms with Crippen molar-refractivity contribution in [3.8, 4) is 0 Å². The minimum atomic E-state index is 0.460. The van der Waals surface area contributed by atoms with Crippen LogP contribution in [-0.4, -0.2) is 6.04 Å². The topological polar surface area (TPSA) is 12.0 Å². The van der Waals surface area contributed by atoms with Gasteiger partial charge in [0.25, 0.3) is 0 Å². The molecule has 0 unspecified atom stereocenters. The fourth-order valence-electron chi connectivity index (χ4n) is 1.55. The molecule has 0 aliphatic heterocycles. The normalized spacial score (nSPS) is 10.3. The zero-order valence-electron chi connectivity index (χ0n) is 9.30. The molecule has 0 saturated heterocycles. The number of rotatable bonds is 4. The van der Waals surface area contributed by atoms with Gasteiger partial charge < -0.3 is 5.32 Å². The summed E-state index contributed by atoms with van der Waals surface area (Å²) >= 11 is 0. The Hall–Kier alpha value is -1.24. The molecule has 0 bridgehead atoms. The van der Waals surface area contributed by atoms with Crippen molar-refractivity contribution in [1.29, 1.82) is 0 Å². The van der Waals surface area contributed by atoms with E-state index in [-0.39, 0.29) is 0 Å². The van der Waals surface area contributed by atoms with Gasteiger partial charge in [-0.2, -0.15) is 0 Å². The number of anilines is 1. The lowest BCUT2D eigenvalue weighted by Crippen LogP contribution is -2.12. The summed E-state index contributed by atoms with van der Waals surface area (Å²) in [6.45, 7) is 10.3. The summed E-state index contributed by atoms with van der Waals surface area (Å²) in [5, 5.41) is 3.47. The van der Waals surface area contributed by atoms with Gasteiger partial charge in [0, 0.05) is 11.7 Å². The first-order chi connectivity index (χ1) is 6.69. The molecule has 1 aromatic rings. The second-order valence-electron chi connectivity index (χ2n) is 3.74. The Bertz CT molecular complexity index is 313. The van der Waals surface area contributed by atoms with Crippen molar-refractivity contribution in [1.82, 2.24) is 0 Å². The van der Waals surface area contributed by atoms with Crippen molar-refractivity contribution < 1.29 is 0 Å². The highest BCUT2D eigenvalue weighted by Gasteiger charge is 2.05. The molecule has 1 heteroatoms. The molecule has 0 saturated carbocycles. The van der Waals surface area contributed by atoms with Gasteiger partial charge in [-0.3, -0.25) is 0 Å². The molecule has 1 N–H and O–H groups in total. The zero-order valence-corrected chi connectivity index (χ0v) is 9.30. The minimum absolute atomic E-state index is 0.460. The van der Waals surface area contributed by atoms with Crippen LogP contribution in [-0.2, 0) is 6.42 Å². The van der Waals surface area contributed by atoms with Crippen LogP contribution in [0.25, 0.3) is 6.08 Å². The molecule has 0 atom stereocenters. The third kappa shape index (κ3) is 2.38. The van der Waals surface area contributed by atoms with Crippen molar-refractivity contribution >= 4 is 11.8 Å². The van der Waals surface area contributed by atoms with E-state index >= 15 is 0 Å². The minimum Gasteiger partial charge on any atom is -0.382 e. The van der Waals surface area contributed by atoms with E-state index < -0.39 is 0 Å². The van der Waals surface area contributed by atoms with E-state index in [9.17, 15) is 0 Å². The van der Waals surface area contributed by atoms with Crippen LogP contribution in [0.15, 0.2) is 24.8 Å². The third-order valence-corrected chi connectivity index (χ3v) is 2.22. The number of para-hydroxylation sites is 1. The van der Waals surface area contributed by atoms with Crippen LogP contribution in [0.3, 0.4) is 0 Å². The molecule has 0 amide bonds. The van der Waals surface area contributed by atoms with Crippen LogP contribution in [0.4, 0.5) is 5.69 Å². The number of hydrogen-bond donors (Lipinski definition) is 1. The lowest BCUT2D eigenvalue weighted by atomic mass is 10.0. The van der Waals surface area contributed by atoms with E-state index in [1.165, 1.54) is 16.8 Å². The lowest BCUT2D eigenvalue weighted by Gasteiger charge is -2.16. The lowest BCUT2D eigenvalue weighted by molar-refractivity contribution is 0.893. The maximum absolute atomic E-state index is 3.83. The summed E-state index contributed by atoms with van der Waals surface area (Å²) < 4.78 is 0. The largest absolute Gasteiger partial charge is 0.382 e. The molecule has 0 spiro atoms. The van der Waals surface area contributed by atoms with Crippen LogP contribution in [0.2, 0.25) is 0 Å². The second kappa shape index (κ2) is 4.85. The maximum atomic E-state index is 3.83. The highest BCUT2D eigenvalue weighted by molar-refractivity contribution is 5.69. The van der Waals surface area contributed by atoms with Crippen molar-refractivity contribution in [2.75, 3.05) is 5.32 Å². The number of nitrogens with one attached hydrogen (secondary N) is 1. The van der Waals surface area contributed by atoms with Crippen molar-refractivity contribution in [3.05, 3.63) is 35.9 Å². The van der Waals surface area contributed by atoms with Crippen LogP contribution >= 0.6 is 0 Å². The zero-order chi connectivity index (χ0) is 10.6. The maximum Gasteiger partial charge on any atom is 0.0447 e. The molecule has 76 valence electrons. The quantitative estimate of drug-likeness (QED) is 0.761. The van der Waals surface area contributed by atoms with Crippen LogP contribution in [0.5, 0.6) is 0 Å². The first-order valence-electron chi connectivity index (χ1n) is 5.19. The molecule has 1 aromatic carbocycles. The Morgan fingerprint density at radius 2 is 2.14 bits per heavy atom. The van der Waals surface area contributed by atoms with Crippen LogP contribution < -0.4 is 5.32 Å². The van der Waals surface area contributed by atoms with E-state index in [1.807, 2.05) is 6.08 Å². The average molecular weight is 189 g/mol. The Kier molecular flexibility index (Phi) is 3.75. The Morgan fingerprint density at radius 3 is 2.64 bits per heavy atom. The molecule has 0 radical (unpaired) electrons. The smallest absolute Gasteiger partial charge is 0.0447 e. The standard InChI is InChI=1S/C13H19N/c1-5-11-8-7-9-12(6-2)13(11)14-10(3)4/h5,7-10,14H,1,6H2,2-4H3. The van der Waals surface area contributed by atoms with Gasteiger partial charge in [-0.15, -0.1) is 0 Å². The monoisotopic (exact) mass is 189 g/mol. The Morgan fingerprint density at radius 1 is 1.43 bits per heavy atom. The van der Waals surface area contributed by atoms with Crippen molar-refractivity contribution in [2.24, 2.45) is 0 Å². The highest BCUT2D eigenvalue weighted by Crippen LogP contribution is 2.23. The van der Waals surface area contributed by atoms with E-state index in [4.69, 9.17) is 0 Å². The summed E-state index contributed by atoms with van der Waals surface area (Å²) in [5.41, 5.74) is 3.79. The molecule has 0 aromatic heterocycles. The molecule has 0 fully saturated rings. The number of benzene rings is 1. The molecular weight excluding hydrogens is 170 g/mol. The van der Waals surface area contributed by atoms with Gasteiger partial charge in [-0.1, -0.05) is 37.8 Å². The number of hydrogen-bond acceptors (Lipinski definition) is 1. The van der Waals surface area contributed by atoms with Crippen molar-refractivity contribution in [2.45, 2.75) is 33.2 Å². The van der Waals surface area contributed by atoms with Gasteiger partial charge in [0.05, 0.1) is 0 Å². The number of aryl methyl sites for hydroxylation is 1. The van der Waals surface area contributed by atoms with E-state index in [0.29, 0.717) is 6.04 Å². The predicted molar refractivity (Wildman–Crippen MR) is 64.7 cm³/mol. The van der Waals surface area contributed by atoms with Crippen LogP contribution in [0, 0.1) is 0 Å².